The molecule has 0 radical (unpaired) electrons. The van der Waals surface area contributed by atoms with Crippen LogP contribution in [-0.2, 0) is 19.7 Å². The molecule has 25 heavy (non-hydrogen) atoms. The Balaban J connectivity index is 1.90. The predicted molar refractivity (Wildman–Crippen MR) is 95.7 cm³/mol. The van der Waals surface area contributed by atoms with Crippen molar-refractivity contribution in [2.75, 3.05) is 38.8 Å². The number of amides is 1. The molecule has 1 aromatic rings. The second-order valence-electron chi connectivity index (χ2n) is 7.91. The number of carbonyl (C=O) groups is 1. The van der Waals surface area contributed by atoms with E-state index in [0.717, 1.165) is 32.6 Å². The van der Waals surface area contributed by atoms with E-state index >= 15 is 0 Å². The third-order valence-electron chi connectivity index (χ3n) is 4.67. The van der Waals surface area contributed by atoms with Crippen LogP contribution in [0.5, 0.6) is 0 Å². The van der Waals surface area contributed by atoms with E-state index in [1.165, 1.54) is 0 Å². The maximum atomic E-state index is 12.6. The number of nitrogens with zero attached hydrogens (tertiary/aromatic N) is 1. The van der Waals surface area contributed by atoms with Crippen molar-refractivity contribution in [3.05, 3.63) is 11.8 Å². The van der Waals surface area contributed by atoms with Crippen LogP contribution in [0.15, 0.2) is 10.6 Å². The van der Waals surface area contributed by atoms with Crippen LogP contribution in [0.1, 0.15) is 46.3 Å². The molecule has 142 valence electrons. The number of rotatable bonds is 8. The molecule has 0 unspecified atom stereocenters. The number of anilines is 1. The first kappa shape index (κ1) is 19.9. The minimum atomic E-state index is -0.695. The van der Waals surface area contributed by atoms with Crippen LogP contribution in [0.3, 0.4) is 0 Å². The average Bonchev–Trinajstić information content (AvgIpc) is 3.03. The summed E-state index contributed by atoms with van der Waals surface area (Å²) in [7, 11) is 1.65. The zero-order chi connectivity index (χ0) is 18.5. The highest BCUT2D eigenvalue weighted by atomic mass is 16.5. The number of hydrogen-bond acceptors (Lipinski definition) is 6. The van der Waals surface area contributed by atoms with E-state index in [2.05, 4.69) is 15.8 Å². The molecule has 1 aliphatic heterocycles. The Bertz CT molecular complexity index is 562. The Labute approximate surface area is 149 Å². The van der Waals surface area contributed by atoms with Gasteiger partial charge in [-0.2, -0.15) is 0 Å². The van der Waals surface area contributed by atoms with Gasteiger partial charge in [0, 0.05) is 31.8 Å². The van der Waals surface area contributed by atoms with Crippen LogP contribution in [-0.4, -0.2) is 50.1 Å². The number of hydrogen-bond donors (Lipinski definition) is 2. The summed E-state index contributed by atoms with van der Waals surface area (Å²) in [5, 5.41) is 10.2. The third-order valence-corrected chi connectivity index (χ3v) is 4.67. The van der Waals surface area contributed by atoms with Gasteiger partial charge in [-0.1, -0.05) is 19.0 Å². The number of aromatic nitrogens is 1. The normalized spacial score (nSPS) is 16.8. The number of methoxy groups -OCH3 is 1. The minimum Gasteiger partial charge on any atom is -0.384 e. The van der Waals surface area contributed by atoms with Crippen molar-refractivity contribution in [2.24, 2.45) is 5.92 Å². The lowest BCUT2D eigenvalue weighted by Gasteiger charge is -2.29. The van der Waals surface area contributed by atoms with E-state index in [1.807, 2.05) is 27.7 Å². The van der Waals surface area contributed by atoms with E-state index in [4.69, 9.17) is 14.0 Å². The quantitative estimate of drug-likeness (QED) is 0.746. The second kappa shape index (κ2) is 8.29. The van der Waals surface area contributed by atoms with Gasteiger partial charge in [-0.05, 0) is 39.2 Å². The monoisotopic (exact) mass is 353 g/mol. The molecule has 1 aromatic heterocycles. The summed E-state index contributed by atoms with van der Waals surface area (Å²) in [4.78, 5) is 12.6. The summed E-state index contributed by atoms with van der Waals surface area (Å²) in [6.45, 7) is 10.7. The van der Waals surface area contributed by atoms with Crippen molar-refractivity contribution in [3.63, 3.8) is 0 Å². The fourth-order valence-corrected chi connectivity index (χ4v) is 2.79. The highest BCUT2D eigenvalue weighted by molar-refractivity contribution is 5.96. The highest BCUT2D eigenvalue weighted by Crippen LogP contribution is 2.26. The molecular weight excluding hydrogens is 322 g/mol. The molecule has 7 nitrogen and oxygen atoms in total. The molecule has 2 heterocycles. The number of nitrogens with one attached hydrogen (secondary N) is 2. The molecule has 0 bridgehead atoms. The maximum Gasteiger partial charge on any atom is 0.245 e. The first-order valence-corrected chi connectivity index (χ1v) is 8.85. The van der Waals surface area contributed by atoms with Crippen LogP contribution in [0, 0.1) is 5.92 Å². The van der Waals surface area contributed by atoms with Crippen molar-refractivity contribution in [3.8, 4) is 0 Å². The fraction of sp³-hybridized carbons (Fsp3) is 0.778. The lowest BCUT2D eigenvalue weighted by molar-refractivity contribution is -0.121. The SMILES string of the molecule is COCC(C)(C)c1cc(NC(=O)C(C)(C)NCC2CCOCC2)no1. The summed E-state index contributed by atoms with van der Waals surface area (Å²) in [5.41, 5.74) is -0.999. The van der Waals surface area contributed by atoms with Crippen LogP contribution < -0.4 is 10.6 Å². The summed E-state index contributed by atoms with van der Waals surface area (Å²) in [6, 6.07) is 1.76. The van der Waals surface area contributed by atoms with Gasteiger partial charge < -0.3 is 24.6 Å². The molecule has 0 atom stereocenters. The van der Waals surface area contributed by atoms with Gasteiger partial charge in [-0.3, -0.25) is 4.79 Å². The highest BCUT2D eigenvalue weighted by Gasteiger charge is 2.30. The van der Waals surface area contributed by atoms with Crippen LogP contribution >= 0.6 is 0 Å². The fourth-order valence-electron chi connectivity index (χ4n) is 2.79. The Morgan fingerprint density at radius 3 is 2.64 bits per heavy atom. The lowest BCUT2D eigenvalue weighted by Crippen LogP contribution is -2.51. The molecule has 2 rings (SSSR count). The average molecular weight is 353 g/mol. The molecular formula is C18H31N3O4. The van der Waals surface area contributed by atoms with Crippen molar-refractivity contribution in [1.29, 1.82) is 0 Å². The molecule has 0 spiro atoms. The molecule has 0 saturated carbocycles. The van der Waals surface area contributed by atoms with E-state index in [0.29, 0.717) is 24.1 Å². The van der Waals surface area contributed by atoms with Crippen molar-refractivity contribution in [1.82, 2.24) is 10.5 Å². The van der Waals surface area contributed by atoms with Crippen molar-refractivity contribution < 1.29 is 18.8 Å². The Hall–Kier alpha value is -1.44. The lowest BCUT2D eigenvalue weighted by atomic mass is 9.91. The summed E-state index contributed by atoms with van der Waals surface area (Å²) in [6.07, 6.45) is 2.07. The van der Waals surface area contributed by atoms with Gasteiger partial charge in [-0.25, -0.2) is 0 Å². The van der Waals surface area contributed by atoms with Crippen molar-refractivity contribution in [2.45, 2.75) is 51.5 Å². The van der Waals surface area contributed by atoms with E-state index in [9.17, 15) is 4.79 Å². The first-order valence-electron chi connectivity index (χ1n) is 8.85. The zero-order valence-electron chi connectivity index (χ0n) is 16.0. The minimum absolute atomic E-state index is 0.135. The summed E-state index contributed by atoms with van der Waals surface area (Å²) < 4.78 is 15.9. The van der Waals surface area contributed by atoms with Gasteiger partial charge in [0.15, 0.2) is 5.82 Å². The van der Waals surface area contributed by atoms with Gasteiger partial charge >= 0.3 is 0 Å². The molecule has 1 fully saturated rings. The second-order valence-corrected chi connectivity index (χ2v) is 7.91. The van der Waals surface area contributed by atoms with E-state index < -0.39 is 5.54 Å². The molecule has 0 aliphatic carbocycles. The summed E-state index contributed by atoms with van der Waals surface area (Å²) >= 11 is 0. The molecule has 0 aromatic carbocycles. The van der Waals surface area contributed by atoms with Crippen LogP contribution in [0.25, 0.3) is 0 Å². The van der Waals surface area contributed by atoms with Crippen LogP contribution in [0.2, 0.25) is 0 Å². The van der Waals surface area contributed by atoms with Gasteiger partial charge in [-0.15, -0.1) is 0 Å². The Kier molecular flexibility index (Phi) is 6.59. The Morgan fingerprint density at radius 1 is 1.32 bits per heavy atom. The van der Waals surface area contributed by atoms with Crippen LogP contribution in [0.4, 0.5) is 5.82 Å². The Morgan fingerprint density at radius 2 is 2.00 bits per heavy atom. The maximum absolute atomic E-state index is 12.6. The van der Waals surface area contributed by atoms with Gasteiger partial charge in [0.05, 0.1) is 12.1 Å². The topological polar surface area (TPSA) is 85.6 Å². The summed E-state index contributed by atoms with van der Waals surface area (Å²) in [5.74, 6) is 1.51. The number of ether oxygens (including phenoxy) is 2. The number of carbonyl (C=O) groups excluding carboxylic acids is 1. The smallest absolute Gasteiger partial charge is 0.245 e. The van der Waals surface area contributed by atoms with Gasteiger partial charge in [0.2, 0.25) is 5.91 Å². The first-order chi connectivity index (χ1) is 11.7. The van der Waals surface area contributed by atoms with E-state index in [-0.39, 0.29) is 11.3 Å². The molecule has 2 N–H and O–H groups in total. The van der Waals surface area contributed by atoms with Gasteiger partial charge in [0.25, 0.3) is 0 Å². The van der Waals surface area contributed by atoms with E-state index in [1.54, 1.807) is 13.2 Å². The standard InChI is InChI=1S/C18H31N3O4/c1-17(2,12-23-5)14-10-15(21-25-14)20-16(22)18(3,4)19-11-13-6-8-24-9-7-13/h10,13,19H,6-9,11-12H2,1-5H3,(H,20,21,22). The predicted octanol–water partition coefficient (Wildman–Crippen LogP) is 2.33. The molecule has 1 saturated heterocycles. The molecule has 1 amide bonds. The van der Waals surface area contributed by atoms with Gasteiger partial charge in [0.1, 0.15) is 5.76 Å². The molecule has 1 aliphatic rings. The zero-order valence-corrected chi connectivity index (χ0v) is 16.0. The largest absolute Gasteiger partial charge is 0.384 e. The van der Waals surface area contributed by atoms with Crippen molar-refractivity contribution >= 4 is 11.7 Å². The molecule has 7 heteroatoms. The third kappa shape index (κ3) is 5.52.